The maximum atomic E-state index is 12.6. The third-order valence-electron chi connectivity index (χ3n) is 5.13. The number of halogens is 3. The van der Waals surface area contributed by atoms with E-state index in [0.29, 0.717) is 21.4 Å². The van der Waals surface area contributed by atoms with Crippen LogP contribution < -0.4 is 10.1 Å². The Hall–Kier alpha value is -1.97. The minimum Gasteiger partial charge on any atom is -0.487 e. The van der Waals surface area contributed by atoms with E-state index in [1.807, 2.05) is 44.2 Å². The van der Waals surface area contributed by atoms with Crippen LogP contribution in [0.5, 0.6) is 5.75 Å². The molecular formula is C25H18BrI2N3O4S. The quantitative estimate of drug-likeness (QED) is 0.120. The van der Waals surface area contributed by atoms with Crippen LogP contribution in [0.2, 0.25) is 0 Å². The average molecular weight is 790 g/mol. The Labute approximate surface area is 247 Å². The molecule has 36 heavy (non-hydrogen) atoms. The van der Waals surface area contributed by atoms with Crippen LogP contribution >= 0.6 is 72.9 Å². The lowest BCUT2D eigenvalue weighted by molar-refractivity contribution is -0.384. The molecule has 3 aromatic rings. The Bertz CT molecular complexity index is 1410. The van der Waals surface area contributed by atoms with E-state index in [4.69, 9.17) is 4.74 Å². The molecule has 0 bridgehead atoms. The smallest absolute Gasteiger partial charge is 0.269 e. The highest BCUT2D eigenvalue weighted by Crippen LogP contribution is 2.34. The molecule has 0 aromatic heterocycles. The van der Waals surface area contributed by atoms with Crippen molar-refractivity contribution >= 4 is 101 Å². The summed E-state index contributed by atoms with van der Waals surface area (Å²) in [6, 6.07) is 14.2. The highest BCUT2D eigenvalue weighted by atomic mass is 127. The van der Waals surface area contributed by atoms with Crippen molar-refractivity contribution in [3.63, 3.8) is 0 Å². The first-order chi connectivity index (χ1) is 17.1. The Balaban J connectivity index is 1.51. The van der Waals surface area contributed by atoms with Crippen molar-refractivity contribution in [2.24, 2.45) is 4.99 Å². The first kappa shape index (κ1) is 27.1. The van der Waals surface area contributed by atoms with Crippen LogP contribution in [0.15, 0.2) is 62.9 Å². The van der Waals surface area contributed by atoms with Crippen molar-refractivity contribution in [3.8, 4) is 5.75 Å². The van der Waals surface area contributed by atoms with E-state index in [0.717, 1.165) is 34.0 Å². The molecule has 7 nitrogen and oxygen atoms in total. The highest BCUT2D eigenvalue weighted by Gasteiger charge is 2.24. The molecule has 1 fully saturated rings. The monoisotopic (exact) mass is 789 g/mol. The van der Waals surface area contributed by atoms with Crippen LogP contribution in [0.4, 0.5) is 11.4 Å². The molecular weight excluding hydrogens is 772 g/mol. The number of hydrogen-bond donors (Lipinski definition) is 1. The summed E-state index contributed by atoms with van der Waals surface area (Å²) in [6.07, 6.45) is 1.83. The molecule has 4 rings (SSSR count). The molecule has 1 aliphatic heterocycles. The van der Waals surface area contributed by atoms with Gasteiger partial charge in [0, 0.05) is 16.6 Å². The summed E-state index contributed by atoms with van der Waals surface area (Å²) in [7, 11) is 0. The Kier molecular flexibility index (Phi) is 8.73. The van der Waals surface area contributed by atoms with Gasteiger partial charge in [-0.2, -0.15) is 0 Å². The van der Waals surface area contributed by atoms with Gasteiger partial charge in [-0.25, -0.2) is 4.99 Å². The molecule has 0 aliphatic carbocycles. The summed E-state index contributed by atoms with van der Waals surface area (Å²) >= 11 is 9.24. The van der Waals surface area contributed by atoms with Crippen LogP contribution in [-0.2, 0) is 11.4 Å². The van der Waals surface area contributed by atoms with Crippen LogP contribution in [0.1, 0.15) is 22.3 Å². The highest BCUT2D eigenvalue weighted by molar-refractivity contribution is 14.1. The van der Waals surface area contributed by atoms with E-state index >= 15 is 0 Å². The Morgan fingerprint density at radius 2 is 1.81 bits per heavy atom. The summed E-state index contributed by atoms with van der Waals surface area (Å²) in [5, 5.41) is 14.4. The van der Waals surface area contributed by atoms with E-state index in [-0.39, 0.29) is 18.2 Å². The zero-order chi connectivity index (χ0) is 26.0. The third kappa shape index (κ3) is 6.47. The van der Waals surface area contributed by atoms with Gasteiger partial charge in [0.1, 0.15) is 12.4 Å². The van der Waals surface area contributed by atoms with Gasteiger partial charge >= 0.3 is 0 Å². The van der Waals surface area contributed by atoms with Crippen LogP contribution in [-0.4, -0.2) is 16.0 Å². The maximum Gasteiger partial charge on any atom is 0.269 e. The zero-order valence-corrected chi connectivity index (χ0v) is 25.7. The number of nitrogens with zero attached hydrogens (tertiary/aromatic N) is 2. The van der Waals surface area contributed by atoms with Crippen molar-refractivity contribution in [2.75, 3.05) is 0 Å². The second-order valence-corrected chi connectivity index (χ2v) is 12.1. The standard InChI is InChI=1S/C25H18BrI2N3O4S/c1-13-6-17(7-14(2)22(13)26)29-25-30-24(32)21(36-25)11-16-9-19(27)23(20(28)10-16)35-12-15-4-3-5-18(8-15)31(33)34/h3-11H,12H2,1-2H3,(H,29,30,32)/b21-11-. The summed E-state index contributed by atoms with van der Waals surface area (Å²) in [4.78, 5) is 28.3. The second kappa shape index (κ2) is 11.6. The van der Waals surface area contributed by atoms with Gasteiger partial charge in [0.25, 0.3) is 11.6 Å². The summed E-state index contributed by atoms with van der Waals surface area (Å²) in [6.45, 7) is 4.22. The van der Waals surface area contributed by atoms with E-state index in [1.165, 1.54) is 23.9 Å². The number of rotatable bonds is 6. The van der Waals surface area contributed by atoms with Crippen molar-refractivity contribution in [2.45, 2.75) is 20.5 Å². The average Bonchev–Trinajstić information content (AvgIpc) is 3.15. The lowest BCUT2D eigenvalue weighted by Gasteiger charge is -2.11. The molecule has 184 valence electrons. The number of carbonyl (C=O) groups excluding carboxylic acids is 1. The van der Waals surface area contributed by atoms with Gasteiger partial charge in [0.15, 0.2) is 5.17 Å². The number of ether oxygens (including phenoxy) is 1. The molecule has 0 atom stereocenters. The molecule has 1 amide bonds. The molecule has 1 aliphatic rings. The summed E-state index contributed by atoms with van der Waals surface area (Å²) in [5.41, 5.74) is 4.55. The third-order valence-corrected chi connectivity index (χ3v) is 8.89. The number of thioether (sulfide) groups is 1. The number of aryl methyl sites for hydroxylation is 2. The molecule has 0 saturated carbocycles. The minimum atomic E-state index is -0.423. The molecule has 0 spiro atoms. The van der Waals surface area contributed by atoms with E-state index < -0.39 is 4.92 Å². The van der Waals surface area contributed by atoms with Gasteiger partial charge in [0.2, 0.25) is 0 Å². The molecule has 0 radical (unpaired) electrons. The van der Waals surface area contributed by atoms with Crippen LogP contribution in [0.25, 0.3) is 6.08 Å². The number of nitro benzene ring substituents is 1. The number of nitro groups is 1. The summed E-state index contributed by atoms with van der Waals surface area (Å²) < 4.78 is 8.77. The van der Waals surface area contributed by atoms with Crippen molar-refractivity contribution in [1.82, 2.24) is 5.32 Å². The number of non-ortho nitro benzene ring substituents is 1. The normalized spacial score (nSPS) is 15.4. The van der Waals surface area contributed by atoms with Crippen molar-refractivity contribution in [3.05, 3.63) is 97.4 Å². The first-order valence-electron chi connectivity index (χ1n) is 10.5. The number of carbonyl (C=O) groups is 1. The molecule has 0 unspecified atom stereocenters. The van der Waals surface area contributed by atoms with Crippen molar-refractivity contribution in [1.29, 1.82) is 0 Å². The van der Waals surface area contributed by atoms with Gasteiger partial charge in [0.05, 0.1) is 22.7 Å². The largest absolute Gasteiger partial charge is 0.487 e. The molecule has 3 aromatic carbocycles. The number of aliphatic imine (C=N–C) groups is 1. The Morgan fingerprint density at radius 1 is 1.14 bits per heavy atom. The zero-order valence-electron chi connectivity index (χ0n) is 19.0. The molecule has 1 N–H and O–H groups in total. The van der Waals surface area contributed by atoms with E-state index in [1.54, 1.807) is 12.1 Å². The minimum absolute atomic E-state index is 0.0307. The van der Waals surface area contributed by atoms with E-state index in [2.05, 4.69) is 71.4 Å². The number of amides is 1. The second-order valence-electron chi connectivity index (χ2n) is 7.90. The first-order valence-corrected chi connectivity index (χ1v) is 14.3. The fraction of sp³-hybridized carbons (Fsp3) is 0.120. The van der Waals surface area contributed by atoms with E-state index in [9.17, 15) is 14.9 Å². The predicted molar refractivity (Wildman–Crippen MR) is 164 cm³/mol. The Morgan fingerprint density at radius 3 is 2.44 bits per heavy atom. The molecule has 11 heteroatoms. The lowest BCUT2D eigenvalue weighted by Crippen LogP contribution is -2.19. The fourth-order valence-corrected chi connectivity index (χ4v) is 6.65. The lowest BCUT2D eigenvalue weighted by atomic mass is 10.1. The maximum absolute atomic E-state index is 12.6. The number of hydrogen-bond acceptors (Lipinski definition) is 6. The van der Waals surface area contributed by atoms with Gasteiger partial charge < -0.3 is 10.1 Å². The van der Waals surface area contributed by atoms with Gasteiger partial charge in [-0.15, -0.1) is 0 Å². The van der Waals surface area contributed by atoms with Crippen LogP contribution in [0.3, 0.4) is 0 Å². The van der Waals surface area contributed by atoms with Gasteiger partial charge in [-0.1, -0.05) is 28.1 Å². The fourth-order valence-electron chi connectivity index (χ4n) is 3.45. The SMILES string of the molecule is Cc1cc(N=C2NC(=O)/C(=C/c3cc(I)c(OCc4cccc([N+](=O)[O-])c4)c(I)c3)S2)cc(C)c1Br. The topological polar surface area (TPSA) is 93.8 Å². The number of nitrogens with one attached hydrogen (secondary N) is 1. The van der Waals surface area contributed by atoms with Gasteiger partial charge in [-0.3, -0.25) is 14.9 Å². The van der Waals surface area contributed by atoms with Crippen LogP contribution in [0, 0.1) is 31.1 Å². The molecule has 1 saturated heterocycles. The van der Waals surface area contributed by atoms with Crippen molar-refractivity contribution < 1.29 is 14.5 Å². The molecule has 1 heterocycles. The number of benzene rings is 3. The van der Waals surface area contributed by atoms with Gasteiger partial charge in [-0.05, 0) is 123 Å². The number of amidine groups is 1. The predicted octanol–water partition coefficient (Wildman–Crippen LogP) is 7.65. The summed E-state index contributed by atoms with van der Waals surface area (Å²) in [5.74, 6) is 0.497.